The molecule has 0 atom stereocenters. The van der Waals surface area contributed by atoms with Gasteiger partial charge in [-0.15, -0.1) is 0 Å². The zero-order chi connectivity index (χ0) is 11.3. The lowest BCUT2D eigenvalue weighted by molar-refractivity contribution is -0.131. The number of carboxylic acid groups (broad SMARTS) is 1. The number of carbonyl (C=O) groups is 1. The molecule has 1 aromatic rings. The van der Waals surface area contributed by atoms with E-state index in [0.717, 1.165) is 11.1 Å². The van der Waals surface area contributed by atoms with Gasteiger partial charge in [0.05, 0.1) is 0 Å². The fourth-order valence-electron chi connectivity index (χ4n) is 1.15. The second-order valence-corrected chi connectivity index (χ2v) is 3.47. The van der Waals surface area contributed by atoms with Crippen molar-refractivity contribution in [3.63, 3.8) is 0 Å². The molecule has 15 heavy (non-hydrogen) atoms. The molecule has 0 aliphatic heterocycles. The Morgan fingerprint density at radius 2 is 1.87 bits per heavy atom. The first-order chi connectivity index (χ1) is 7.08. The van der Waals surface area contributed by atoms with Crippen LogP contribution in [-0.4, -0.2) is 11.1 Å². The van der Waals surface area contributed by atoms with E-state index in [-0.39, 0.29) is 0 Å². The number of carboxylic acids is 1. The fourth-order valence-corrected chi connectivity index (χ4v) is 1.15. The van der Waals surface area contributed by atoms with Crippen LogP contribution in [0, 0.1) is 6.92 Å². The summed E-state index contributed by atoms with van der Waals surface area (Å²) < 4.78 is 0. The van der Waals surface area contributed by atoms with Crippen LogP contribution < -0.4 is 0 Å². The summed E-state index contributed by atoms with van der Waals surface area (Å²) in [6.45, 7) is 3.79. The molecule has 78 valence electrons. The van der Waals surface area contributed by atoms with Crippen molar-refractivity contribution < 1.29 is 9.90 Å². The normalized spacial score (nSPS) is 12.0. The number of hydrogen-bond donors (Lipinski definition) is 1. The van der Waals surface area contributed by atoms with Crippen molar-refractivity contribution in [3.8, 4) is 0 Å². The van der Waals surface area contributed by atoms with Gasteiger partial charge in [0, 0.05) is 6.08 Å². The van der Waals surface area contributed by atoms with E-state index in [2.05, 4.69) is 0 Å². The standard InChI is InChI=1S/C13H14O2/c1-10-3-6-12(7-4-10)8-5-11(2)9-13(14)15/h3-9H,1-2H3,(H,14,15)/b8-5+,11-9-. The summed E-state index contributed by atoms with van der Waals surface area (Å²) in [6.07, 6.45) is 4.87. The Kier molecular flexibility index (Phi) is 3.86. The Morgan fingerprint density at radius 1 is 1.27 bits per heavy atom. The Labute approximate surface area is 89.6 Å². The van der Waals surface area contributed by atoms with Crippen molar-refractivity contribution in [1.29, 1.82) is 0 Å². The Hall–Kier alpha value is -1.83. The van der Waals surface area contributed by atoms with Gasteiger partial charge in [0.1, 0.15) is 0 Å². The van der Waals surface area contributed by atoms with E-state index in [1.54, 1.807) is 13.0 Å². The minimum atomic E-state index is -0.916. The summed E-state index contributed by atoms with van der Waals surface area (Å²) in [5.74, 6) is -0.916. The maximum atomic E-state index is 10.4. The van der Waals surface area contributed by atoms with Crippen LogP contribution in [0.15, 0.2) is 42.0 Å². The van der Waals surface area contributed by atoms with Crippen LogP contribution in [0.25, 0.3) is 6.08 Å². The number of aryl methyl sites for hydroxylation is 1. The molecule has 0 heterocycles. The summed E-state index contributed by atoms with van der Waals surface area (Å²) >= 11 is 0. The third kappa shape index (κ3) is 4.27. The Morgan fingerprint density at radius 3 is 2.40 bits per heavy atom. The van der Waals surface area contributed by atoms with Gasteiger partial charge < -0.3 is 5.11 Å². The number of benzene rings is 1. The van der Waals surface area contributed by atoms with Crippen molar-refractivity contribution >= 4 is 12.0 Å². The van der Waals surface area contributed by atoms with Crippen LogP contribution in [0.5, 0.6) is 0 Å². The van der Waals surface area contributed by atoms with Crippen molar-refractivity contribution in [1.82, 2.24) is 0 Å². The molecule has 0 fully saturated rings. The van der Waals surface area contributed by atoms with Crippen molar-refractivity contribution in [3.05, 3.63) is 53.1 Å². The van der Waals surface area contributed by atoms with Gasteiger partial charge in [-0.05, 0) is 25.0 Å². The van der Waals surface area contributed by atoms with E-state index < -0.39 is 5.97 Å². The summed E-state index contributed by atoms with van der Waals surface area (Å²) in [4.78, 5) is 10.4. The first-order valence-electron chi connectivity index (χ1n) is 4.74. The number of allylic oxidation sites excluding steroid dienone is 2. The van der Waals surface area contributed by atoms with Gasteiger partial charge >= 0.3 is 5.97 Å². The highest BCUT2D eigenvalue weighted by atomic mass is 16.4. The minimum Gasteiger partial charge on any atom is -0.478 e. The smallest absolute Gasteiger partial charge is 0.328 e. The SMILES string of the molecule is CC(=C/C(=O)O)/C=C/c1ccc(C)cc1. The van der Waals surface area contributed by atoms with E-state index in [1.807, 2.05) is 37.3 Å². The molecule has 0 aliphatic rings. The first-order valence-corrected chi connectivity index (χ1v) is 4.74. The average Bonchev–Trinajstić information content (AvgIpc) is 2.16. The molecule has 0 amide bonds. The quantitative estimate of drug-likeness (QED) is 0.604. The van der Waals surface area contributed by atoms with Gasteiger partial charge in [-0.25, -0.2) is 4.79 Å². The fraction of sp³-hybridized carbons (Fsp3) is 0.154. The highest BCUT2D eigenvalue weighted by Gasteiger charge is 1.90. The van der Waals surface area contributed by atoms with E-state index in [4.69, 9.17) is 5.11 Å². The molecule has 2 heteroatoms. The molecule has 0 bridgehead atoms. The minimum absolute atomic E-state index is 0.725. The van der Waals surface area contributed by atoms with Gasteiger partial charge in [-0.3, -0.25) is 0 Å². The van der Waals surface area contributed by atoms with Crippen LogP contribution in [-0.2, 0) is 4.79 Å². The van der Waals surface area contributed by atoms with Crippen molar-refractivity contribution in [2.45, 2.75) is 13.8 Å². The maximum Gasteiger partial charge on any atom is 0.328 e. The topological polar surface area (TPSA) is 37.3 Å². The Bertz CT molecular complexity index is 397. The van der Waals surface area contributed by atoms with Crippen LogP contribution >= 0.6 is 0 Å². The van der Waals surface area contributed by atoms with E-state index >= 15 is 0 Å². The number of hydrogen-bond acceptors (Lipinski definition) is 1. The third-order valence-corrected chi connectivity index (χ3v) is 1.97. The molecule has 0 aromatic heterocycles. The molecule has 0 radical (unpaired) electrons. The van der Waals surface area contributed by atoms with Crippen molar-refractivity contribution in [2.24, 2.45) is 0 Å². The van der Waals surface area contributed by atoms with E-state index in [1.165, 1.54) is 11.6 Å². The lowest BCUT2D eigenvalue weighted by atomic mass is 10.1. The van der Waals surface area contributed by atoms with Crippen LogP contribution in [0.4, 0.5) is 0 Å². The Balaban J connectivity index is 2.73. The molecule has 0 spiro atoms. The van der Waals surface area contributed by atoms with E-state index in [9.17, 15) is 4.79 Å². The second kappa shape index (κ2) is 5.15. The predicted molar refractivity (Wildman–Crippen MR) is 61.6 cm³/mol. The van der Waals surface area contributed by atoms with Gasteiger partial charge in [0.2, 0.25) is 0 Å². The molecular formula is C13H14O2. The molecule has 1 aromatic carbocycles. The molecule has 0 unspecified atom stereocenters. The van der Waals surface area contributed by atoms with Gasteiger partial charge in [-0.2, -0.15) is 0 Å². The maximum absolute atomic E-state index is 10.4. The number of aliphatic carboxylic acids is 1. The van der Waals surface area contributed by atoms with Crippen LogP contribution in [0.2, 0.25) is 0 Å². The van der Waals surface area contributed by atoms with Crippen molar-refractivity contribution in [2.75, 3.05) is 0 Å². The highest BCUT2D eigenvalue weighted by molar-refractivity contribution is 5.81. The molecule has 0 saturated carbocycles. The molecule has 1 N–H and O–H groups in total. The molecule has 1 rings (SSSR count). The molecule has 0 saturated heterocycles. The number of rotatable bonds is 3. The summed E-state index contributed by atoms with van der Waals surface area (Å²) in [6, 6.07) is 8.05. The molecule has 0 aliphatic carbocycles. The summed E-state index contributed by atoms with van der Waals surface area (Å²) in [5.41, 5.74) is 3.01. The second-order valence-electron chi connectivity index (χ2n) is 3.47. The van der Waals surface area contributed by atoms with Crippen LogP contribution in [0.3, 0.4) is 0 Å². The molecular weight excluding hydrogens is 188 g/mol. The summed E-state index contributed by atoms with van der Waals surface area (Å²) in [5, 5.41) is 8.51. The zero-order valence-electron chi connectivity index (χ0n) is 8.90. The summed E-state index contributed by atoms with van der Waals surface area (Å²) in [7, 11) is 0. The first kappa shape index (κ1) is 11.2. The van der Waals surface area contributed by atoms with Gasteiger partial charge in [-0.1, -0.05) is 42.0 Å². The average molecular weight is 202 g/mol. The van der Waals surface area contributed by atoms with E-state index in [0.29, 0.717) is 0 Å². The third-order valence-electron chi connectivity index (χ3n) is 1.97. The highest BCUT2D eigenvalue weighted by Crippen LogP contribution is 2.07. The lowest BCUT2D eigenvalue weighted by Crippen LogP contribution is -1.87. The van der Waals surface area contributed by atoms with Crippen LogP contribution in [0.1, 0.15) is 18.1 Å². The van der Waals surface area contributed by atoms with Gasteiger partial charge in [0.25, 0.3) is 0 Å². The lowest BCUT2D eigenvalue weighted by Gasteiger charge is -1.94. The monoisotopic (exact) mass is 202 g/mol. The van der Waals surface area contributed by atoms with Gasteiger partial charge in [0.15, 0.2) is 0 Å². The zero-order valence-corrected chi connectivity index (χ0v) is 8.90. The largest absolute Gasteiger partial charge is 0.478 e. The predicted octanol–water partition coefficient (Wildman–Crippen LogP) is 3.04. The molecule has 2 nitrogen and oxygen atoms in total.